The van der Waals surface area contributed by atoms with Gasteiger partial charge in [0.05, 0.1) is 21.2 Å². The molecule has 0 bridgehead atoms. The number of amides is 1. The Labute approximate surface area is 232 Å². The van der Waals surface area contributed by atoms with Gasteiger partial charge in [-0.3, -0.25) is 14.2 Å². The number of aryl methyl sites for hydroxylation is 1. The summed E-state index contributed by atoms with van der Waals surface area (Å²) in [7, 11) is -7.72. The maximum Gasteiger partial charge on any atom is 0.261 e. The van der Waals surface area contributed by atoms with E-state index in [1.165, 1.54) is 42.5 Å². The summed E-state index contributed by atoms with van der Waals surface area (Å²) in [6, 6.07) is 31.2. The van der Waals surface area contributed by atoms with Gasteiger partial charge >= 0.3 is 0 Å². The van der Waals surface area contributed by atoms with Crippen LogP contribution in [0.2, 0.25) is 0 Å². The lowest BCUT2D eigenvalue weighted by Crippen LogP contribution is -2.16. The Balaban J connectivity index is 1.31. The van der Waals surface area contributed by atoms with Gasteiger partial charge in [-0.25, -0.2) is 16.8 Å². The summed E-state index contributed by atoms with van der Waals surface area (Å²) in [5.41, 5.74) is 1.99. The summed E-state index contributed by atoms with van der Waals surface area (Å²) in [5.74, 6) is -0.482. The molecule has 10 heteroatoms. The van der Waals surface area contributed by atoms with Gasteiger partial charge in [0.25, 0.3) is 26.0 Å². The summed E-state index contributed by atoms with van der Waals surface area (Å²) in [6.45, 7) is 1.73. The molecular formula is C30H25N3O5S2. The third kappa shape index (κ3) is 5.83. The van der Waals surface area contributed by atoms with E-state index in [2.05, 4.69) is 14.8 Å². The van der Waals surface area contributed by atoms with Crippen molar-refractivity contribution in [2.24, 2.45) is 0 Å². The number of rotatable bonds is 8. The first-order valence-corrected chi connectivity index (χ1v) is 15.2. The highest BCUT2D eigenvalue weighted by molar-refractivity contribution is 7.93. The Morgan fingerprint density at radius 2 is 1.20 bits per heavy atom. The number of benzene rings is 5. The van der Waals surface area contributed by atoms with Gasteiger partial charge < -0.3 is 5.32 Å². The molecule has 0 aromatic heterocycles. The highest BCUT2D eigenvalue weighted by atomic mass is 32.2. The highest BCUT2D eigenvalue weighted by Crippen LogP contribution is 2.26. The summed E-state index contributed by atoms with van der Waals surface area (Å²) in [5, 5.41) is 4.41. The van der Waals surface area contributed by atoms with E-state index in [4.69, 9.17) is 0 Å². The molecule has 0 saturated carbocycles. The van der Waals surface area contributed by atoms with Crippen LogP contribution in [0.4, 0.5) is 17.1 Å². The van der Waals surface area contributed by atoms with E-state index in [1.54, 1.807) is 49.4 Å². The Bertz CT molecular complexity index is 1920. The van der Waals surface area contributed by atoms with Crippen LogP contribution in [0.15, 0.2) is 125 Å². The SMILES string of the molecule is Cc1ccc(C(=O)Nc2ccc(S(=O)(=O)Nc3cccc4ccccc34)cc2)cc1NS(=O)(=O)c1ccccc1. The average molecular weight is 572 g/mol. The Morgan fingerprint density at radius 1 is 0.600 bits per heavy atom. The molecule has 5 aromatic carbocycles. The molecule has 1 amide bonds. The van der Waals surface area contributed by atoms with Crippen LogP contribution in [-0.4, -0.2) is 22.7 Å². The summed E-state index contributed by atoms with van der Waals surface area (Å²) in [6.07, 6.45) is 0. The first-order chi connectivity index (χ1) is 19.1. The predicted octanol–water partition coefficient (Wildman–Crippen LogP) is 6.00. The minimum Gasteiger partial charge on any atom is -0.322 e. The molecule has 3 N–H and O–H groups in total. The Kier molecular flexibility index (Phi) is 7.29. The number of sulfonamides is 2. The maximum atomic E-state index is 13.0. The molecule has 5 aromatic rings. The van der Waals surface area contributed by atoms with Crippen molar-refractivity contribution < 1.29 is 21.6 Å². The zero-order chi connectivity index (χ0) is 28.3. The van der Waals surface area contributed by atoms with Gasteiger partial charge in [0.2, 0.25) is 0 Å². The van der Waals surface area contributed by atoms with Crippen molar-refractivity contribution in [3.05, 3.63) is 126 Å². The molecule has 5 rings (SSSR count). The molecule has 0 atom stereocenters. The number of carbonyl (C=O) groups is 1. The second kappa shape index (κ2) is 10.8. The average Bonchev–Trinajstić information content (AvgIpc) is 2.95. The molecule has 0 aliphatic rings. The van der Waals surface area contributed by atoms with Gasteiger partial charge in [0, 0.05) is 16.6 Å². The summed E-state index contributed by atoms with van der Waals surface area (Å²) >= 11 is 0. The van der Waals surface area contributed by atoms with E-state index in [0.29, 0.717) is 16.9 Å². The fourth-order valence-electron chi connectivity index (χ4n) is 4.12. The molecule has 40 heavy (non-hydrogen) atoms. The van der Waals surface area contributed by atoms with Crippen molar-refractivity contribution in [1.82, 2.24) is 0 Å². The fraction of sp³-hybridized carbons (Fsp3) is 0.0333. The zero-order valence-corrected chi connectivity index (χ0v) is 23.0. The molecule has 0 aliphatic heterocycles. The van der Waals surface area contributed by atoms with Crippen molar-refractivity contribution in [3.63, 3.8) is 0 Å². The normalized spacial score (nSPS) is 11.6. The monoisotopic (exact) mass is 571 g/mol. The van der Waals surface area contributed by atoms with Crippen molar-refractivity contribution >= 4 is 53.8 Å². The van der Waals surface area contributed by atoms with Crippen molar-refractivity contribution in [2.45, 2.75) is 16.7 Å². The van der Waals surface area contributed by atoms with Gasteiger partial charge in [0.1, 0.15) is 0 Å². The lowest BCUT2D eigenvalue weighted by molar-refractivity contribution is 0.102. The van der Waals surface area contributed by atoms with Gasteiger partial charge in [-0.05, 0) is 72.5 Å². The van der Waals surface area contributed by atoms with Crippen LogP contribution in [0.3, 0.4) is 0 Å². The zero-order valence-electron chi connectivity index (χ0n) is 21.3. The standard InChI is InChI=1S/C30H25N3O5S2/c1-21-14-15-23(20-29(21)33-39(35,36)25-10-3-2-4-11-25)30(34)31-24-16-18-26(19-17-24)40(37,38)32-28-13-7-9-22-8-5-6-12-27(22)28/h2-20,32-33H,1H3,(H,31,34). The van der Waals surface area contributed by atoms with Crippen LogP contribution >= 0.6 is 0 Å². The van der Waals surface area contributed by atoms with Gasteiger partial charge in [-0.15, -0.1) is 0 Å². The van der Waals surface area contributed by atoms with Crippen molar-refractivity contribution in [1.29, 1.82) is 0 Å². The van der Waals surface area contributed by atoms with Crippen LogP contribution in [0.1, 0.15) is 15.9 Å². The molecule has 0 radical (unpaired) electrons. The number of nitrogens with one attached hydrogen (secondary N) is 3. The van der Waals surface area contributed by atoms with E-state index in [9.17, 15) is 21.6 Å². The van der Waals surface area contributed by atoms with Gasteiger partial charge in [0.15, 0.2) is 0 Å². The third-order valence-electron chi connectivity index (χ3n) is 6.25. The van der Waals surface area contributed by atoms with Crippen molar-refractivity contribution in [3.8, 4) is 0 Å². The lowest BCUT2D eigenvalue weighted by atomic mass is 10.1. The number of fused-ring (bicyclic) bond motifs is 1. The molecular weight excluding hydrogens is 546 g/mol. The molecule has 0 saturated heterocycles. The Hall–Kier alpha value is -4.67. The maximum absolute atomic E-state index is 13.0. The number of hydrogen-bond donors (Lipinski definition) is 3. The largest absolute Gasteiger partial charge is 0.322 e. The van der Waals surface area contributed by atoms with Crippen LogP contribution in [-0.2, 0) is 20.0 Å². The number of carbonyl (C=O) groups excluding carboxylic acids is 1. The van der Waals surface area contributed by atoms with E-state index < -0.39 is 26.0 Å². The minimum atomic E-state index is -3.88. The number of hydrogen-bond acceptors (Lipinski definition) is 5. The van der Waals surface area contributed by atoms with Crippen LogP contribution in [0, 0.1) is 6.92 Å². The summed E-state index contributed by atoms with van der Waals surface area (Å²) in [4.78, 5) is 13.1. The fourth-order valence-corrected chi connectivity index (χ4v) is 6.34. The second-order valence-electron chi connectivity index (χ2n) is 9.06. The molecule has 0 heterocycles. The number of anilines is 3. The van der Waals surface area contributed by atoms with Crippen LogP contribution in [0.5, 0.6) is 0 Å². The molecule has 0 unspecified atom stereocenters. The first kappa shape index (κ1) is 26.9. The van der Waals surface area contributed by atoms with E-state index in [0.717, 1.165) is 10.8 Å². The Morgan fingerprint density at radius 3 is 1.93 bits per heavy atom. The molecule has 8 nitrogen and oxygen atoms in total. The molecule has 0 spiro atoms. The van der Waals surface area contributed by atoms with Gasteiger partial charge in [-0.2, -0.15) is 0 Å². The van der Waals surface area contributed by atoms with Gasteiger partial charge in [-0.1, -0.05) is 60.7 Å². The van der Waals surface area contributed by atoms with E-state index in [-0.39, 0.29) is 21.0 Å². The smallest absolute Gasteiger partial charge is 0.261 e. The van der Waals surface area contributed by atoms with E-state index >= 15 is 0 Å². The molecule has 0 fully saturated rings. The molecule has 202 valence electrons. The third-order valence-corrected chi connectivity index (χ3v) is 9.02. The predicted molar refractivity (Wildman–Crippen MR) is 158 cm³/mol. The highest BCUT2D eigenvalue weighted by Gasteiger charge is 2.18. The lowest BCUT2D eigenvalue weighted by Gasteiger charge is -2.13. The molecule has 0 aliphatic carbocycles. The van der Waals surface area contributed by atoms with Crippen LogP contribution < -0.4 is 14.8 Å². The second-order valence-corrected chi connectivity index (χ2v) is 12.4. The quantitative estimate of drug-likeness (QED) is 0.211. The van der Waals surface area contributed by atoms with E-state index in [1.807, 2.05) is 30.3 Å². The van der Waals surface area contributed by atoms with Crippen LogP contribution in [0.25, 0.3) is 10.8 Å². The summed E-state index contributed by atoms with van der Waals surface area (Å²) < 4.78 is 56.7. The first-order valence-electron chi connectivity index (χ1n) is 12.2. The topological polar surface area (TPSA) is 121 Å². The van der Waals surface area contributed by atoms with Crippen molar-refractivity contribution in [2.75, 3.05) is 14.8 Å². The minimum absolute atomic E-state index is 0.0337.